The third kappa shape index (κ3) is 1.92. The van der Waals surface area contributed by atoms with E-state index >= 15 is 0 Å². The van der Waals surface area contributed by atoms with Gasteiger partial charge in [-0.25, -0.2) is 9.69 Å². The highest BCUT2D eigenvalue weighted by Gasteiger charge is 2.54. The van der Waals surface area contributed by atoms with Crippen LogP contribution in [0.3, 0.4) is 0 Å². The highest BCUT2D eigenvalue weighted by molar-refractivity contribution is 7.17. The van der Waals surface area contributed by atoms with Crippen LogP contribution in [0.25, 0.3) is 0 Å². The van der Waals surface area contributed by atoms with Gasteiger partial charge >= 0.3 is 5.97 Å². The van der Waals surface area contributed by atoms with Crippen LogP contribution in [0.5, 0.6) is 0 Å². The van der Waals surface area contributed by atoms with Crippen LogP contribution in [0.2, 0.25) is 0 Å². The maximum atomic E-state index is 12.8. The van der Waals surface area contributed by atoms with Crippen molar-refractivity contribution < 1.29 is 19.5 Å². The largest absolute Gasteiger partial charge is 0.478 e. The number of carboxylic acids is 1. The molecule has 6 heteroatoms. The smallest absolute Gasteiger partial charge is 0.339 e. The molecule has 0 aromatic carbocycles. The summed E-state index contributed by atoms with van der Waals surface area (Å²) in [6.45, 7) is 3.53. The summed E-state index contributed by atoms with van der Waals surface area (Å²) in [5.41, 5.74) is 0.156. The van der Waals surface area contributed by atoms with E-state index in [1.54, 1.807) is 6.92 Å². The fourth-order valence-corrected chi connectivity index (χ4v) is 4.62. The van der Waals surface area contributed by atoms with Crippen LogP contribution < -0.4 is 4.90 Å². The number of aromatic carboxylic acids is 1. The number of thiophene rings is 1. The highest BCUT2D eigenvalue weighted by atomic mass is 32.1. The minimum Gasteiger partial charge on any atom is -0.478 e. The Bertz CT molecular complexity index is 655. The van der Waals surface area contributed by atoms with Crippen molar-refractivity contribution in [1.82, 2.24) is 0 Å². The van der Waals surface area contributed by atoms with Crippen molar-refractivity contribution in [3.63, 3.8) is 0 Å². The molecule has 2 heterocycles. The van der Waals surface area contributed by atoms with Crippen molar-refractivity contribution in [2.45, 2.75) is 46.0 Å². The zero-order valence-corrected chi connectivity index (χ0v) is 12.9. The summed E-state index contributed by atoms with van der Waals surface area (Å²) >= 11 is 1.22. The number of anilines is 1. The summed E-state index contributed by atoms with van der Waals surface area (Å²) in [6, 6.07) is 0. The van der Waals surface area contributed by atoms with Crippen molar-refractivity contribution in [3.8, 4) is 0 Å². The van der Waals surface area contributed by atoms with Gasteiger partial charge in [0, 0.05) is 11.3 Å². The maximum absolute atomic E-state index is 12.8. The number of imide groups is 1. The molecule has 21 heavy (non-hydrogen) atoms. The molecule has 3 rings (SSSR count). The van der Waals surface area contributed by atoms with Crippen molar-refractivity contribution >= 4 is 34.1 Å². The van der Waals surface area contributed by atoms with Gasteiger partial charge in [0.15, 0.2) is 0 Å². The number of carbonyl (C=O) groups is 3. The first-order chi connectivity index (χ1) is 9.87. The number of carbonyl (C=O) groups excluding carboxylic acids is 2. The van der Waals surface area contributed by atoms with Crippen molar-refractivity contribution in [2.24, 2.45) is 5.41 Å². The van der Waals surface area contributed by atoms with E-state index in [0.717, 1.165) is 35.5 Å². The van der Waals surface area contributed by atoms with Crippen LogP contribution in [0.4, 0.5) is 5.00 Å². The molecule has 1 aliphatic heterocycles. The second-order valence-electron chi connectivity index (χ2n) is 5.97. The average molecular weight is 307 g/mol. The van der Waals surface area contributed by atoms with Gasteiger partial charge in [0.1, 0.15) is 5.00 Å². The van der Waals surface area contributed by atoms with Crippen LogP contribution >= 0.6 is 11.3 Å². The molecule has 2 aliphatic rings. The summed E-state index contributed by atoms with van der Waals surface area (Å²) in [5, 5.41) is 9.70. The Kier molecular flexibility index (Phi) is 3.16. The van der Waals surface area contributed by atoms with Gasteiger partial charge < -0.3 is 5.11 Å². The Morgan fingerprint density at radius 2 is 1.86 bits per heavy atom. The molecule has 1 N–H and O–H groups in total. The van der Waals surface area contributed by atoms with Crippen molar-refractivity contribution in [1.29, 1.82) is 0 Å². The van der Waals surface area contributed by atoms with Gasteiger partial charge in [0.05, 0.1) is 11.0 Å². The van der Waals surface area contributed by atoms with Crippen molar-refractivity contribution in [3.05, 3.63) is 16.0 Å². The molecule has 2 amide bonds. The quantitative estimate of drug-likeness (QED) is 0.853. The molecule has 5 nitrogen and oxygen atoms in total. The number of amides is 2. The zero-order chi connectivity index (χ0) is 15.4. The Morgan fingerprint density at radius 1 is 1.24 bits per heavy atom. The second kappa shape index (κ2) is 4.66. The van der Waals surface area contributed by atoms with Gasteiger partial charge in [0.25, 0.3) is 0 Å². The number of aryl methyl sites for hydroxylation is 1. The zero-order valence-electron chi connectivity index (χ0n) is 12.1. The average Bonchev–Trinajstić information content (AvgIpc) is 3.03. The normalized spacial score (nSPS) is 20.8. The molecule has 1 spiro atoms. The van der Waals surface area contributed by atoms with E-state index < -0.39 is 11.4 Å². The van der Waals surface area contributed by atoms with Gasteiger partial charge in [-0.15, -0.1) is 11.3 Å². The van der Waals surface area contributed by atoms with Crippen LogP contribution in [-0.2, 0) is 9.59 Å². The Hall–Kier alpha value is -1.69. The SMILES string of the molecule is Cc1sc(N2C(=O)CC3(CCCC3)C2=O)c(C(=O)O)c1C. The molecule has 1 saturated heterocycles. The van der Waals surface area contributed by atoms with E-state index in [1.165, 1.54) is 11.3 Å². The fraction of sp³-hybridized carbons (Fsp3) is 0.533. The van der Waals surface area contributed by atoms with Crippen LogP contribution in [-0.4, -0.2) is 22.9 Å². The third-order valence-corrected chi connectivity index (χ3v) is 5.93. The molecule has 112 valence electrons. The summed E-state index contributed by atoms with van der Waals surface area (Å²) in [7, 11) is 0. The van der Waals surface area contributed by atoms with Crippen LogP contribution in [0.1, 0.15) is 52.9 Å². The number of rotatable bonds is 2. The molecule has 1 saturated carbocycles. The van der Waals surface area contributed by atoms with Gasteiger partial charge in [0.2, 0.25) is 11.8 Å². The Morgan fingerprint density at radius 3 is 2.43 bits per heavy atom. The summed E-state index contributed by atoms with van der Waals surface area (Å²) in [5.74, 6) is -1.54. The second-order valence-corrected chi connectivity index (χ2v) is 7.17. The predicted molar refractivity (Wildman–Crippen MR) is 78.8 cm³/mol. The first kappa shape index (κ1) is 14.3. The molecule has 0 unspecified atom stereocenters. The first-order valence-electron chi connectivity index (χ1n) is 7.08. The first-order valence-corrected chi connectivity index (χ1v) is 7.90. The van der Waals surface area contributed by atoms with E-state index in [1.807, 2.05) is 6.92 Å². The molecule has 2 fully saturated rings. The number of carboxylic acid groups (broad SMARTS) is 1. The minimum absolute atomic E-state index is 0.0919. The topological polar surface area (TPSA) is 74.7 Å². The molecule has 0 bridgehead atoms. The van der Waals surface area contributed by atoms with Gasteiger partial charge in [-0.1, -0.05) is 12.8 Å². The lowest BCUT2D eigenvalue weighted by molar-refractivity contribution is -0.125. The number of hydrogen-bond acceptors (Lipinski definition) is 4. The van der Waals surface area contributed by atoms with Crippen LogP contribution in [0, 0.1) is 19.3 Å². The van der Waals surface area contributed by atoms with Crippen molar-refractivity contribution in [2.75, 3.05) is 4.90 Å². The summed E-state index contributed by atoms with van der Waals surface area (Å²) in [6.07, 6.45) is 3.61. The van der Waals surface area contributed by atoms with Gasteiger partial charge in [-0.2, -0.15) is 0 Å². The predicted octanol–water partition coefficient (Wildman–Crippen LogP) is 2.89. The third-order valence-electron chi connectivity index (χ3n) is 4.74. The highest BCUT2D eigenvalue weighted by Crippen LogP contribution is 2.50. The Labute approximate surface area is 126 Å². The number of hydrogen-bond donors (Lipinski definition) is 1. The molecule has 0 radical (unpaired) electrons. The van der Waals surface area contributed by atoms with E-state index in [9.17, 15) is 19.5 Å². The summed E-state index contributed by atoms with van der Waals surface area (Å²) in [4.78, 5) is 38.6. The fourth-order valence-electron chi connectivity index (χ4n) is 3.46. The molecule has 0 atom stereocenters. The lowest BCUT2D eigenvalue weighted by Gasteiger charge is -2.20. The van der Waals surface area contributed by atoms with Gasteiger partial charge in [-0.05, 0) is 32.3 Å². The van der Waals surface area contributed by atoms with E-state index in [-0.39, 0.29) is 28.8 Å². The summed E-state index contributed by atoms with van der Waals surface area (Å²) < 4.78 is 0. The maximum Gasteiger partial charge on any atom is 0.339 e. The molecule has 1 aromatic rings. The number of nitrogens with zero attached hydrogens (tertiary/aromatic N) is 1. The van der Waals surface area contributed by atoms with E-state index in [4.69, 9.17) is 0 Å². The lowest BCUT2D eigenvalue weighted by atomic mass is 9.84. The van der Waals surface area contributed by atoms with Gasteiger partial charge in [-0.3, -0.25) is 9.59 Å². The molecule has 1 aliphatic carbocycles. The molecule has 1 aromatic heterocycles. The van der Waals surface area contributed by atoms with E-state index in [0.29, 0.717) is 5.56 Å². The molecular formula is C15H17NO4S. The van der Waals surface area contributed by atoms with Crippen LogP contribution in [0.15, 0.2) is 0 Å². The standard InChI is InChI=1S/C15H17NO4S/c1-8-9(2)21-12(11(8)13(18)19)16-10(17)7-15(14(16)20)5-3-4-6-15/h3-7H2,1-2H3,(H,18,19). The minimum atomic E-state index is -1.08. The Balaban J connectivity index is 2.09. The van der Waals surface area contributed by atoms with E-state index in [2.05, 4.69) is 0 Å². The lowest BCUT2D eigenvalue weighted by Crippen LogP contribution is -2.34. The molecular weight excluding hydrogens is 290 g/mol. The monoisotopic (exact) mass is 307 g/mol.